The van der Waals surface area contributed by atoms with Gasteiger partial charge in [-0.2, -0.15) is 26.3 Å². The molecule has 0 radical (unpaired) electrons. The first-order valence-corrected chi connectivity index (χ1v) is 9.81. The predicted octanol–water partition coefficient (Wildman–Crippen LogP) is 5.91. The summed E-state index contributed by atoms with van der Waals surface area (Å²) in [5.41, 5.74) is 5.36. The molecule has 4 nitrogen and oxygen atoms in total. The van der Waals surface area contributed by atoms with Gasteiger partial charge in [0.05, 0.1) is 22.7 Å². The number of nitrogens with one attached hydrogen (secondary N) is 2. The van der Waals surface area contributed by atoms with Crippen LogP contribution in [0.4, 0.5) is 49.1 Å². The van der Waals surface area contributed by atoms with Crippen LogP contribution in [-0.4, -0.2) is 25.4 Å². The van der Waals surface area contributed by atoms with Crippen LogP contribution in [0.5, 0.6) is 0 Å². The van der Waals surface area contributed by atoms with E-state index < -0.39 is 28.9 Å². The van der Waals surface area contributed by atoms with Crippen molar-refractivity contribution in [2.24, 2.45) is 0 Å². The first-order valence-electron chi connectivity index (χ1n) is 9.81. The fourth-order valence-electron chi connectivity index (χ4n) is 3.42. The molecule has 31 heavy (non-hydrogen) atoms. The number of nitrogen functional groups attached to an aromatic ring is 2. The molecule has 6 N–H and O–H groups in total. The zero-order valence-corrected chi connectivity index (χ0v) is 17.2. The third-order valence-electron chi connectivity index (χ3n) is 4.95. The van der Waals surface area contributed by atoms with Crippen LogP contribution in [0.2, 0.25) is 0 Å². The first kappa shape index (κ1) is 24.5. The molecule has 2 rings (SSSR count). The summed E-state index contributed by atoms with van der Waals surface area (Å²) in [5, 5.41) is 5.76. The maximum absolute atomic E-state index is 14.3. The van der Waals surface area contributed by atoms with Gasteiger partial charge < -0.3 is 22.1 Å². The Morgan fingerprint density at radius 1 is 0.677 bits per heavy atom. The minimum atomic E-state index is -5.71. The minimum Gasteiger partial charge on any atom is -0.397 e. The molecule has 10 heteroatoms. The molecule has 0 fully saturated rings. The molecule has 2 aromatic carbocycles. The molecule has 0 spiro atoms. The van der Waals surface area contributed by atoms with Gasteiger partial charge >= 0.3 is 12.4 Å². The Balaban J connectivity index is 2.75. The van der Waals surface area contributed by atoms with Crippen molar-refractivity contribution in [3.63, 3.8) is 0 Å². The van der Waals surface area contributed by atoms with Crippen molar-refractivity contribution in [3.8, 4) is 0 Å². The molecule has 0 saturated heterocycles. The zero-order chi connectivity index (χ0) is 23.4. The number of nitrogens with two attached hydrogens (primary N) is 2. The molecule has 0 bridgehead atoms. The molecule has 0 saturated carbocycles. The highest BCUT2D eigenvalue weighted by atomic mass is 19.4. The molecule has 0 aliphatic rings. The van der Waals surface area contributed by atoms with Gasteiger partial charge in [0, 0.05) is 13.1 Å². The van der Waals surface area contributed by atoms with Crippen molar-refractivity contribution >= 4 is 22.7 Å². The average molecular weight is 448 g/mol. The van der Waals surface area contributed by atoms with Crippen molar-refractivity contribution in [1.29, 1.82) is 0 Å². The van der Waals surface area contributed by atoms with Crippen molar-refractivity contribution in [2.45, 2.75) is 44.5 Å². The summed E-state index contributed by atoms with van der Waals surface area (Å²) in [4.78, 5) is 0. The maximum atomic E-state index is 14.3. The molecule has 0 atom stereocenters. The lowest BCUT2D eigenvalue weighted by Gasteiger charge is -2.38. The summed E-state index contributed by atoms with van der Waals surface area (Å²) >= 11 is 0. The van der Waals surface area contributed by atoms with Crippen LogP contribution >= 0.6 is 0 Å². The predicted molar refractivity (Wildman–Crippen MR) is 112 cm³/mol. The fourth-order valence-corrected chi connectivity index (χ4v) is 3.42. The van der Waals surface area contributed by atoms with Gasteiger partial charge in [-0.05, 0) is 48.2 Å². The van der Waals surface area contributed by atoms with Gasteiger partial charge in [-0.3, -0.25) is 0 Å². The van der Waals surface area contributed by atoms with E-state index in [0.717, 1.165) is 36.4 Å². The number of rotatable bonds is 8. The van der Waals surface area contributed by atoms with E-state index in [1.165, 1.54) is 0 Å². The van der Waals surface area contributed by atoms with E-state index in [1.807, 2.05) is 13.8 Å². The van der Waals surface area contributed by atoms with E-state index >= 15 is 0 Å². The number of halogens is 6. The standard InChI is InChI=1S/C21H26F6N4/c1-3-9-30-17-7-5-13(11-15(17)28)19(20(22,23)24,21(25,26)27)14-6-8-18(16(29)12-14)31-10-4-2/h5-8,11-12,30-31H,3-4,9-10,28-29H2,1-2H3. The Hall–Kier alpha value is -2.78. The Bertz CT molecular complexity index is 819. The fraction of sp³-hybridized carbons (Fsp3) is 0.429. The molecular weight excluding hydrogens is 422 g/mol. The number of hydrogen-bond donors (Lipinski definition) is 4. The second kappa shape index (κ2) is 9.15. The topological polar surface area (TPSA) is 76.1 Å². The Kier molecular flexibility index (Phi) is 7.23. The molecule has 0 heterocycles. The lowest BCUT2D eigenvalue weighted by atomic mass is 9.72. The molecular formula is C21H26F6N4. The van der Waals surface area contributed by atoms with Crippen LogP contribution in [-0.2, 0) is 5.41 Å². The Morgan fingerprint density at radius 3 is 1.29 bits per heavy atom. The average Bonchev–Trinajstić information content (AvgIpc) is 2.65. The number of benzene rings is 2. The third kappa shape index (κ3) is 4.62. The zero-order valence-electron chi connectivity index (χ0n) is 17.2. The van der Waals surface area contributed by atoms with Crippen molar-refractivity contribution in [3.05, 3.63) is 47.5 Å². The van der Waals surface area contributed by atoms with Gasteiger partial charge in [-0.1, -0.05) is 26.0 Å². The van der Waals surface area contributed by atoms with Crippen molar-refractivity contribution in [2.75, 3.05) is 35.2 Å². The summed E-state index contributed by atoms with van der Waals surface area (Å²) in [6.07, 6.45) is -10.0. The molecule has 0 aliphatic carbocycles. The summed E-state index contributed by atoms with van der Waals surface area (Å²) in [7, 11) is 0. The molecule has 0 aliphatic heterocycles. The molecule has 0 unspecified atom stereocenters. The lowest BCUT2D eigenvalue weighted by Crippen LogP contribution is -2.54. The van der Waals surface area contributed by atoms with E-state index in [0.29, 0.717) is 25.9 Å². The highest BCUT2D eigenvalue weighted by Gasteiger charge is 2.72. The SMILES string of the molecule is CCCNc1ccc(C(c2ccc(NCCC)c(N)c2)(C(F)(F)F)C(F)(F)F)cc1N. The van der Waals surface area contributed by atoms with E-state index in [-0.39, 0.29) is 22.7 Å². The summed E-state index contributed by atoms with van der Waals surface area (Å²) in [6.45, 7) is 4.66. The highest BCUT2D eigenvalue weighted by Crippen LogP contribution is 2.57. The Labute approximate surface area is 177 Å². The largest absolute Gasteiger partial charge is 0.411 e. The first-order chi connectivity index (χ1) is 14.4. The second-order valence-corrected chi connectivity index (χ2v) is 7.20. The van der Waals surface area contributed by atoms with Crippen LogP contribution in [0.1, 0.15) is 37.8 Å². The van der Waals surface area contributed by atoms with Gasteiger partial charge in [0.2, 0.25) is 5.41 Å². The van der Waals surface area contributed by atoms with Gasteiger partial charge in [0.25, 0.3) is 0 Å². The molecule has 0 aromatic heterocycles. The summed E-state index contributed by atoms with van der Waals surface area (Å²) in [5.74, 6) is 0. The van der Waals surface area contributed by atoms with E-state index in [1.54, 1.807) is 0 Å². The summed E-state index contributed by atoms with van der Waals surface area (Å²) < 4.78 is 85.7. The van der Waals surface area contributed by atoms with E-state index in [2.05, 4.69) is 10.6 Å². The van der Waals surface area contributed by atoms with E-state index in [4.69, 9.17) is 11.5 Å². The number of hydrogen-bond acceptors (Lipinski definition) is 4. The van der Waals surface area contributed by atoms with Crippen LogP contribution in [0.3, 0.4) is 0 Å². The molecule has 2 aromatic rings. The van der Waals surface area contributed by atoms with E-state index in [9.17, 15) is 26.3 Å². The van der Waals surface area contributed by atoms with Crippen LogP contribution in [0.25, 0.3) is 0 Å². The van der Waals surface area contributed by atoms with Crippen molar-refractivity contribution < 1.29 is 26.3 Å². The van der Waals surface area contributed by atoms with Crippen LogP contribution < -0.4 is 22.1 Å². The minimum absolute atomic E-state index is 0.210. The Morgan fingerprint density at radius 2 is 1.03 bits per heavy atom. The number of anilines is 4. The normalized spacial score (nSPS) is 12.6. The smallest absolute Gasteiger partial charge is 0.397 e. The monoisotopic (exact) mass is 448 g/mol. The second-order valence-electron chi connectivity index (χ2n) is 7.20. The summed E-state index contributed by atoms with van der Waals surface area (Å²) in [6, 6.07) is 5.31. The van der Waals surface area contributed by atoms with Crippen molar-refractivity contribution in [1.82, 2.24) is 0 Å². The van der Waals surface area contributed by atoms with Crippen LogP contribution in [0.15, 0.2) is 36.4 Å². The molecule has 0 amide bonds. The van der Waals surface area contributed by atoms with Crippen LogP contribution in [0, 0.1) is 0 Å². The quantitative estimate of drug-likeness (QED) is 0.299. The highest BCUT2D eigenvalue weighted by molar-refractivity contribution is 5.71. The van der Waals surface area contributed by atoms with Gasteiger partial charge in [0.1, 0.15) is 0 Å². The number of alkyl halides is 6. The third-order valence-corrected chi connectivity index (χ3v) is 4.95. The molecule has 172 valence electrons. The lowest BCUT2D eigenvalue weighted by molar-refractivity contribution is -0.288. The van der Waals surface area contributed by atoms with Gasteiger partial charge in [-0.25, -0.2) is 0 Å². The van der Waals surface area contributed by atoms with Gasteiger partial charge in [0.15, 0.2) is 0 Å². The van der Waals surface area contributed by atoms with Gasteiger partial charge in [-0.15, -0.1) is 0 Å². The maximum Gasteiger partial charge on any atom is 0.411 e.